The van der Waals surface area contributed by atoms with Crippen LogP contribution in [0.5, 0.6) is 5.75 Å². The molecule has 4 nitrogen and oxygen atoms in total. The lowest BCUT2D eigenvalue weighted by atomic mass is 10.0. The van der Waals surface area contributed by atoms with Crippen LogP contribution in [0.25, 0.3) is 0 Å². The third kappa shape index (κ3) is 3.86. The van der Waals surface area contributed by atoms with Gasteiger partial charge >= 0.3 is 5.97 Å². The van der Waals surface area contributed by atoms with E-state index < -0.39 is 18.7 Å². The fourth-order valence-electron chi connectivity index (χ4n) is 1.42. The quantitative estimate of drug-likeness (QED) is 0.790. The van der Waals surface area contributed by atoms with Crippen LogP contribution in [-0.2, 0) is 4.79 Å². The average Bonchev–Trinajstić information content (AvgIpc) is 2.38. The molecule has 0 spiro atoms. The van der Waals surface area contributed by atoms with Gasteiger partial charge in [-0.2, -0.15) is 0 Å². The van der Waals surface area contributed by atoms with E-state index in [4.69, 9.17) is 33.0 Å². The van der Waals surface area contributed by atoms with Crippen LogP contribution in [-0.4, -0.2) is 22.8 Å². The Morgan fingerprint density at radius 2 is 2.05 bits per heavy atom. The highest BCUT2D eigenvalue weighted by Gasteiger charge is 2.18. The highest BCUT2D eigenvalue weighted by molar-refractivity contribution is 6.43. The maximum atomic E-state index is 10.4. The Kier molecular flexibility index (Phi) is 5.66. The van der Waals surface area contributed by atoms with E-state index in [1.165, 1.54) is 12.1 Å². The number of carboxylic acids is 1. The monoisotopic (exact) mass is 304 g/mol. The number of carbonyl (C=O) groups is 1. The number of aliphatic hydroxyl groups excluding tert-OH is 1. The van der Waals surface area contributed by atoms with Gasteiger partial charge in [0.25, 0.3) is 0 Å². The summed E-state index contributed by atoms with van der Waals surface area (Å²) in [5, 5.41) is 18.8. The predicted molar refractivity (Wildman–Crippen MR) is 74.0 cm³/mol. The Hall–Kier alpha value is -1.23. The van der Waals surface area contributed by atoms with Gasteiger partial charge in [-0.3, -0.25) is 0 Å². The smallest absolute Gasteiger partial charge is 0.341 e. The summed E-state index contributed by atoms with van der Waals surface area (Å²) in [4.78, 5) is 10.4. The first-order valence-corrected chi connectivity index (χ1v) is 6.32. The van der Waals surface area contributed by atoms with Crippen molar-refractivity contribution in [3.63, 3.8) is 0 Å². The van der Waals surface area contributed by atoms with Gasteiger partial charge in [0.15, 0.2) is 6.61 Å². The third-order valence-corrected chi connectivity index (χ3v) is 3.44. The molecule has 6 heteroatoms. The molecule has 1 aromatic carbocycles. The zero-order valence-corrected chi connectivity index (χ0v) is 11.8. The minimum atomic E-state index is -1.12. The minimum Gasteiger partial charge on any atom is -0.480 e. The lowest BCUT2D eigenvalue weighted by molar-refractivity contribution is -0.139. The van der Waals surface area contributed by atoms with Gasteiger partial charge < -0.3 is 14.9 Å². The van der Waals surface area contributed by atoms with Crippen LogP contribution in [0.3, 0.4) is 0 Å². The Labute approximate surface area is 121 Å². The van der Waals surface area contributed by atoms with Gasteiger partial charge in [-0.15, -0.1) is 0 Å². The van der Waals surface area contributed by atoms with Gasteiger partial charge in [0.2, 0.25) is 0 Å². The van der Waals surface area contributed by atoms with Gasteiger partial charge in [0.05, 0.1) is 5.02 Å². The fourth-order valence-corrected chi connectivity index (χ4v) is 1.91. The predicted octanol–water partition coefficient (Wildman–Crippen LogP) is 3.46. The molecule has 0 heterocycles. The molecule has 0 aliphatic carbocycles. The summed E-state index contributed by atoms with van der Waals surface area (Å²) in [6.07, 6.45) is -0.310. The van der Waals surface area contributed by atoms with Gasteiger partial charge in [-0.25, -0.2) is 4.79 Å². The molecule has 0 saturated heterocycles. The van der Waals surface area contributed by atoms with Crippen LogP contribution >= 0.6 is 23.2 Å². The van der Waals surface area contributed by atoms with E-state index >= 15 is 0 Å². The fraction of sp³-hybridized carbons (Fsp3) is 0.308. The molecule has 0 fully saturated rings. The first-order chi connectivity index (χ1) is 8.88. The molecule has 104 valence electrons. The van der Waals surface area contributed by atoms with Gasteiger partial charge in [-0.05, 0) is 18.1 Å². The summed E-state index contributed by atoms with van der Waals surface area (Å²) in [6, 6.07) is 3.01. The van der Waals surface area contributed by atoms with Crippen molar-refractivity contribution >= 4 is 29.2 Å². The number of halogens is 2. The second kappa shape index (κ2) is 6.80. The number of hydrogen-bond donors (Lipinski definition) is 2. The molecular formula is C13H14Cl2O4. The molecule has 1 unspecified atom stereocenters. The SMILES string of the molecule is C=C(CC)C(O)c1ccc(OCC(=O)O)c(Cl)c1Cl. The van der Waals surface area contributed by atoms with E-state index in [9.17, 15) is 9.90 Å². The maximum absolute atomic E-state index is 10.4. The zero-order chi connectivity index (χ0) is 14.6. The Morgan fingerprint density at radius 1 is 1.42 bits per heavy atom. The Balaban J connectivity index is 3.03. The summed E-state index contributed by atoms with van der Waals surface area (Å²) in [5.74, 6) is -0.956. The van der Waals surface area contributed by atoms with Crippen LogP contribution in [0.2, 0.25) is 10.0 Å². The summed E-state index contributed by atoms with van der Waals surface area (Å²) >= 11 is 12.0. The number of hydrogen-bond acceptors (Lipinski definition) is 3. The van der Waals surface area contributed by atoms with E-state index in [1.54, 1.807) is 0 Å². The number of ether oxygens (including phenoxy) is 1. The number of carboxylic acid groups (broad SMARTS) is 1. The Bertz CT molecular complexity index is 500. The summed E-state index contributed by atoms with van der Waals surface area (Å²) in [6.45, 7) is 5.09. The van der Waals surface area contributed by atoms with E-state index in [1.807, 2.05) is 6.92 Å². The number of aliphatic carboxylic acids is 1. The third-order valence-electron chi connectivity index (χ3n) is 2.56. The molecule has 0 saturated carbocycles. The van der Waals surface area contributed by atoms with E-state index in [0.717, 1.165) is 0 Å². The minimum absolute atomic E-state index is 0.0726. The summed E-state index contributed by atoms with van der Waals surface area (Å²) in [5.41, 5.74) is 1.03. The molecule has 0 radical (unpaired) electrons. The highest BCUT2D eigenvalue weighted by atomic mass is 35.5. The first kappa shape index (κ1) is 15.8. The van der Waals surface area contributed by atoms with E-state index in [-0.39, 0.29) is 15.8 Å². The molecule has 19 heavy (non-hydrogen) atoms. The molecule has 0 aliphatic heterocycles. The van der Waals surface area contributed by atoms with Gasteiger partial charge in [0, 0.05) is 5.56 Å². The van der Waals surface area contributed by atoms with Crippen molar-refractivity contribution in [3.8, 4) is 5.75 Å². The second-order valence-corrected chi connectivity index (χ2v) is 4.63. The zero-order valence-electron chi connectivity index (χ0n) is 10.3. The summed E-state index contributed by atoms with van der Waals surface area (Å²) < 4.78 is 4.98. The van der Waals surface area contributed by atoms with Gasteiger partial charge in [-0.1, -0.05) is 42.8 Å². The van der Waals surface area contributed by atoms with Crippen LogP contribution in [0, 0.1) is 0 Å². The lowest BCUT2D eigenvalue weighted by Gasteiger charge is -2.16. The molecular weight excluding hydrogens is 291 g/mol. The summed E-state index contributed by atoms with van der Waals surface area (Å²) in [7, 11) is 0. The van der Waals surface area contributed by atoms with Crippen molar-refractivity contribution in [1.82, 2.24) is 0 Å². The van der Waals surface area contributed by atoms with Crippen LogP contribution in [0.4, 0.5) is 0 Å². The van der Waals surface area contributed by atoms with Crippen molar-refractivity contribution in [3.05, 3.63) is 39.9 Å². The molecule has 0 aromatic heterocycles. The van der Waals surface area contributed by atoms with Crippen LogP contribution in [0.1, 0.15) is 25.0 Å². The van der Waals surface area contributed by atoms with Crippen molar-refractivity contribution in [1.29, 1.82) is 0 Å². The lowest BCUT2D eigenvalue weighted by Crippen LogP contribution is -2.10. The topological polar surface area (TPSA) is 66.8 Å². The van der Waals surface area contributed by atoms with Crippen molar-refractivity contribution in [2.45, 2.75) is 19.4 Å². The van der Waals surface area contributed by atoms with Crippen molar-refractivity contribution < 1.29 is 19.7 Å². The first-order valence-electron chi connectivity index (χ1n) is 5.56. The number of benzene rings is 1. The molecule has 0 bridgehead atoms. The maximum Gasteiger partial charge on any atom is 0.341 e. The molecule has 0 aliphatic rings. The highest BCUT2D eigenvalue weighted by Crippen LogP contribution is 2.39. The van der Waals surface area contributed by atoms with Crippen molar-refractivity contribution in [2.24, 2.45) is 0 Å². The number of aliphatic hydroxyl groups is 1. The van der Waals surface area contributed by atoms with E-state index in [2.05, 4.69) is 6.58 Å². The number of rotatable bonds is 6. The average molecular weight is 305 g/mol. The normalized spacial score (nSPS) is 12.0. The Morgan fingerprint density at radius 3 is 2.58 bits per heavy atom. The molecule has 1 aromatic rings. The van der Waals surface area contributed by atoms with Crippen LogP contribution in [0.15, 0.2) is 24.3 Å². The molecule has 0 amide bonds. The molecule has 1 rings (SSSR count). The molecule has 2 N–H and O–H groups in total. The second-order valence-electron chi connectivity index (χ2n) is 3.88. The van der Waals surface area contributed by atoms with Crippen molar-refractivity contribution in [2.75, 3.05) is 6.61 Å². The van der Waals surface area contributed by atoms with Crippen LogP contribution < -0.4 is 4.74 Å². The largest absolute Gasteiger partial charge is 0.480 e. The standard InChI is InChI=1S/C13H14Cl2O4/c1-3-7(2)13(18)8-4-5-9(12(15)11(8)14)19-6-10(16)17/h4-5,13,18H,2-3,6H2,1H3,(H,16,17). The van der Waals surface area contributed by atoms with E-state index in [0.29, 0.717) is 17.6 Å². The molecule has 1 atom stereocenters. The van der Waals surface area contributed by atoms with Gasteiger partial charge in [0.1, 0.15) is 16.9 Å².